The molecule has 6 rings (SSSR count). The molecule has 2 aromatic carbocycles. The summed E-state index contributed by atoms with van der Waals surface area (Å²) in [6.07, 6.45) is -3.34. The number of piperidine rings is 1. The summed E-state index contributed by atoms with van der Waals surface area (Å²) >= 11 is 0. The Labute approximate surface area is 271 Å². The SMILES string of the molecule is CCOC(=O)C1CC2(CCN(c3cc(O[C@H](c4ccc(-c5ccc(C)cc5)cc4-n4ccc(C)n4)C(F)(F)F)nc(N)n3)CC2)CN1. The Hall–Kier alpha value is -4.65. The lowest BCUT2D eigenvalue weighted by Crippen LogP contribution is -2.41. The van der Waals surface area contributed by atoms with Crippen molar-refractivity contribution in [2.24, 2.45) is 5.41 Å². The normalized spacial score (nSPS) is 18.3. The molecule has 1 unspecified atom stereocenters. The molecule has 3 N–H and O–H groups in total. The molecule has 2 atom stereocenters. The lowest BCUT2D eigenvalue weighted by molar-refractivity contribution is -0.198. The van der Waals surface area contributed by atoms with Crippen molar-refractivity contribution in [3.8, 4) is 22.7 Å². The first kappa shape index (κ1) is 32.3. The Morgan fingerprint density at radius 2 is 1.79 bits per heavy atom. The average molecular weight is 650 g/mol. The van der Waals surface area contributed by atoms with Gasteiger partial charge >= 0.3 is 12.1 Å². The molecule has 4 heterocycles. The molecule has 1 spiro atoms. The summed E-state index contributed by atoms with van der Waals surface area (Å²) in [5, 5.41) is 7.70. The van der Waals surface area contributed by atoms with Crippen molar-refractivity contribution < 1.29 is 27.4 Å². The van der Waals surface area contributed by atoms with Gasteiger partial charge < -0.3 is 25.4 Å². The number of carbonyl (C=O) groups is 1. The van der Waals surface area contributed by atoms with E-state index in [1.165, 1.54) is 16.8 Å². The molecule has 13 heteroatoms. The molecule has 47 heavy (non-hydrogen) atoms. The second-order valence-corrected chi connectivity index (χ2v) is 12.4. The number of aryl methyl sites for hydroxylation is 2. The minimum Gasteiger partial charge on any atom is -0.465 e. The summed E-state index contributed by atoms with van der Waals surface area (Å²) in [5.74, 6) is -0.340. The third-order valence-corrected chi connectivity index (χ3v) is 8.99. The van der Waals surface area contributed by atoms with Crippen LogP contribution in [0.1, 0.15) is 49.1 Å². The van der Waals surface area contributed by atoms with E-state index in [1.54, 1.807) is 38.2 Å². The number of alkyl halides is 3. The molecule has 0 saturated carbocycles. The minimum absolute atomic E-state index is 0.0702. The van der Waals surface area contributed by atoms with Crippen molar-refractivity contribution in [3.63, 3.8) is 0 Å². The highest BCUT2D eigenvalue weighted by molar-refractivity contribution is 5.76. The van der Waals surface area contributed by atoms with Crippen molar-refractivity contribution in [1.29, 1.82) is 0 Å². The molecule has 2 aromatic heterocycles. The summed E-state index contributed by atoms with van der Waals surface area (Å²) in [4.78, 5) is 22.6. The number of benzene rings is 2. The van der Waals surface area contributed by atoms with E-state index in [4.69, 9.17) is 15.2 Å². The van der Waals surface area contributed by atoms with Crippen LogP contribution in [0.2, 0.25) is 0 Å². The van der Waals surface area contributed by atoms with Gasteiger partial charge in [0.05, 0.1) is 18.0 Å². The molecule has 0 bridgehead atoms. The highest BCUT2D eigenvalue weighted by Crippen LogP contribution is 2.43. The molecule has 2 fully saturated rings. The van der Waals surface area contributed by atoms with Gasteiger partial charge in [-0.3, -0.25) is 4.79 Å². The van der Waals surface area contributed by atoms with Gasteiger partial charge in [-0.05, 0) is 68.7 Å². The monoisotopic (exact) mass is 649 g/mol. The number of anilines is 2. The summed E-state index contributed by atoms with van der Waals surface area (Å²) in [7, 11) is 0. The molecule has 10 nitrogen and oxygen atoms in total. The van der Waals surface area contributed by atoms with E-state index < -0.39 is 12.3 Å². The van der Waals surface area contributed by atoms with Crippen LogP contribution in [0.4, 0.5) is 24.9 Å². The number of nitrogens with zero attached hydrogens (tertiary/aromatic N) is 5. The summed E-state index contributed by atoms with van der Waals surface area (Å²) in [5.41, 5.74) is 9.38. The van der Waals surface area contributed by atoms with Gasteiger partial charge in [-0.25, -0.2) is 4.68 Å². The van der Waals surface area contributed by atoms with Crippen molar-refractivity contribution in [2.45, 2.75) is 58.4 Å². The number of aromatic nitrogens is 4. The van der Waals surface area contributed by atoms with Crippen LogP contribution in [0.3, 0.4) is 0 Å². The fourth-order valence-electron chi connectivity index (χ4n) is 6.44. The first-order valence-corrected chi connectivity index (χ1v) is 15.7. The molecule has 2 aliphatic heterocycles. The molecule has 0 amide bonds. The summed E-state index contributed by atoms with van der Waals surface area (Å²) < 4.78 is 56.8. The van der Waals surface area contributed by atoms with Gasteiger partial charge in [0.2, 0.25) is 17.9 Å². The van der Waals surface area contributed by atoms with E-state index in [-0.39, 0.29) is 40.5 Å². The average Bonchev–Trinajstić information content (AvgIpc) is 3.66. The van der Waals surface area contributed by atoms with Crippen LogP contribution in [-0.2, 0) is 9.53 Å². The lowest BCUT2D eigenvalue weighted by atomic mass is 9.76. The Bertz CT molecular complexity index is 1730. The van der Waals surface area contributed by atoms with Gasteiger partial charge in [-0.15, -0.1) is 0 Å². The van der Waals surface area contributed by atoms with Crippen molar-refractivity contribution in [3.05, 3.63) is 77.6 Å². The molecule has 2 aliphatic rings. The number of nitrogens with one attached hydrogen (secondary N) is 1. The molecule has 0 radical (unpaired) electrons. The van der Waals surface area contributed by atoms with E-state index in [1.807, 2.05) is 36.1 Å². The van der Waals surface area contributed by atoms with Crippen LogP contribution in [-0.4, -0.2) is 64.2 Å². The van der Waals surface area contributed by atoms with Crippen LogP contribution in [0.5, 0.6) is 5.88 Å². The molecule has 2 saturated heterocycles. The zero-order valence-electron chi connectivity index (χ0n) is 26.6. The van der Waals surface area contributed by atoms with Crippen LogP contribution in [0, 0.1) is 19.3 Å². The van der Waals surface area contributed by atoms with E-state index >= 15 is 0 Å². The zero-order chi connectivity index (χ0) is 33.3. The second kappa shape index (κ2) is 12.9. The van der Waals surface area contributed by atoms with Gasteiger partial charge in [-0.2, -0.15) is 28.2 Å². The lowest BCUT2D eigenvalue weighted by Gasteiger charge is -2.39. The van der Waals surface area contributed by atoms with Gasteiger partial charge in [-0.1, -0.05) is 42.0 Å². The maximum Gasteiger partial charge on any atom is 0.429 e. The van der Waals surface area contributed by atoms with Crippen molar-refractivity contribution >= 4 is 17.7 Å². The number of hydrogen-bond donors (Lipinski definition) is 2. The maximum absolute atomic E-state index is 14.8. The number of halogens is 3. The number of esters is 1. The molecule has 248 valence electrons. The standard InChI is InChI=1S/C34H38F3N7O3/c1-4-46-31(45)26-19-33(20-39-26)12-15-43(16-13-33)28-18-29(41-32(38)40-28)47-30(34(35,36)37)25-10-9-24(23-7-5-21(2)6-8-23)17-27(25)44-14-11-22(3)42-44/h5-11,14,17-18,26,30,39H,4,12-13,15-16,19-20H2,1-3H3,(H2,38,40,41)/t26?,30-/m1/s1. The number of nitrogen functional groups attached to an aromatic ring is 1. The van der Waals surface area contributed by atoms with Crippen LogP contribution in [0.25, 0.3) is 16.8 Å². The Morgan fingerprint density at radius 3 is 2.45 bits per heavy atom. The summed E-state index contributed by atoms with van der Waals surface area (Å²) in [6.45, 7) is 7.71. The maximum atomic E-state index is 14.8. The van der Waals surface area contributed by atoms with Gasteiger partial charge in [0.15, 0.2) is 0 Å². The molecular formula is C34H38F3N7O3. The minimum atomic E-state index is -4.80. The van der Waals surface area contributed by atoms with E-state index in [9.17, 15) is 18.0 Å². The zero-order valence-corrected chi connectivity index (χ0v) is 26.6. The largest absolute Gasteiger partial charge is 0.465 e. The third-order valence-electron chi connectivity index (χ3n) is 8.99. The van der Waals surface area contributed by atoms with E-state index in [0.717, 1.165) is 29.5 Å². The Balaban J connectivity index is 1.27. The first-order valence-electron chi connectivity index (χ1n) is 15.7. The fourth-order valence-corrected chi connectivity index (χ4v) is 6.44. The highest BCUT2D eigenvalue weighted by Gasteiger charge is 2.46. The highest BCUT2D eigenvalue weighted by atomic mass is 19.4. The van der Waals surface area contributed by atoms with Gasteiger partial charge in [0.25, 0.3) is 0 Å². The topological polar surface area (TPSA) is 120 Å². The number of hydrogen-bond acceptors (Lipinski definition) is 9. The second-order valence-electron chi connectivity index (χ2n) is 12.4. The third kappa shape index (κ3) is 7.04. The van der Waals surface area contributed by atoms with E-state index in [0.29, 0.717) is 44.2 Å². The number of ether oxygens (including phenoxy) is 2. The Kier molecular flexibility index (Phi) is 8.84. The smallest absolute Gasteiger partial charge is 0.429 e. The van der Waals surface area contributed by atoms with Gasteiger partial charge in [0.1, 0.15) is 11.9 Å². The predicted octanol–water partition coefficient (Wildman–Crippen LogP) is 5.72. The molecule has 0 aliphatic carbocycles. The van der Waals surface area contributed by atoms with Crippen LogP contribution in [0.15, 0.2) is 60.8 Å². The first-order chi connectivity index (χ1) is 22.4. The fraction of sp³-hybridized carbons (Fsp3) is 0.412. The Morgan fingerprint density at radius 1 is 1.06 bits per heavy atom. The number of carbonyl (C=O) groups excluding carboxylic acids is 1. The number of rotatable bonds is 8. The van der Waals surface area contributed by atoms with E-state index in [2.05, 4.69) is 20.4 Å². The van der Waals surface area contributed by atoms with Crippen LogP contribution >= 0.6 is 0 Å². The number of nitrogens with two attached hydrogens (primary N) is 1. The molecular weight excluding hydrogens is 611 g/mol. The van der Waals surface area contributed by atoms with Crippen LogP contribution < -0.4 is 20.7 Å². The summed E-state index contributed by atoms with van der Waals surface area (Å²) in [6, 6.07) is 15.3. The molecule has 4 aromatic rings. The predicted molar refractivity (Wildman–Crippen MR) is 171 cm³/mol. The van der Waals surface area contributed by atoms with Gasteiger partial charge in [0, 0.05) is 37.5 Å². The quantitative estimate of drug-likeness (QED) is 0.231. The van der Waals surface area contributed by atoms with Crippen molar-refractivity contribution in [2.75, 3.05) is 36.9 Å². The van der Waals surface area contributed by atoms with Crippen molar-refractivity contribution in [1.82, 2.24) is 25.1 Å².